The standard InChI is InChI=1S/C21H26O7/c1-12(2)20(24)27-17-8-15(10-22)6-5-7-16(11-26-14(4)23)9-18-19(17)13(3)21(25)28-18/h6,9-10,12,17-19H,3,5,7-8,11H2,1-2,4H3/b15-6+,16-9-/t17-,18-,19-/m1/s1. The lowest BCUT2D eigenvalue weighted by atomic mass is 9.85. The lowest BCUT2D eigenvalue weighted by Gasteiger charge is -2.27. The first-order chi connectivity index (χ1) is 13.2. The molecule has 2 rings (SSSR count). The van der Waals surface area contributed by atoms with E-state index in [0.29, 0.717) is 18.4 Å². The molecular weight excluding hydrogens is 364 g/mol. The van der Waals surface area contributed by atoms with Crippen molar-refractivity contribution in [2.24, 2.45) is 11.8 Å². The highest BCUT2D eigenvalue weighted by molar-refractivity contribution is 5.91. The van der Waals surface area contributed by atoms with Gasteiger partial charge in [-0.3, -0.25) is 14.4 Å². The molecule has 0 aromatic heterocycles. The molecule has 0 N–H and O–H groups in total. The SMILES string of the molecule is C=C1C(=O)O[C@@H]2/C=C(\COC(C)=O)CC/C=C(/C=O)C[C@@H](OC(=O)C(C)C)[C@@H]12. The highest BCUT2D eigenvalue weighted by Gasteiger charge is 2.44. The molecule has 0 bridgehead atoms. The fourth-order valence-corrected chi connectivity index (χ4v) is 3.19. The molecule has 1 saturated heterocycles. The summed E-state index contributed by atoms with van der Waals surface area (Å²) in [7, 11) is 0. The third-order valence-corrected chi connectivity index (χ3v) is 4.72. The molecule has 0 unspecified atom stereocenters. The number of fused-ring (bicyclic) bond motifs is 1. The Morgan fingerprint density at radius 2 is 2.11 bits per heavy atom. The number of ether oxygens (including phenoxy) is 3. The smallest absolute Gasteiger partial charge is 0.334 e. The number of carbonyl (C=O) groups excluding carboxylic acids is 4. The van der Waals surface area contributed by atoms with Crippen molar-refractivity contribution in [1.82, 2.24) is 0 Å². The normalized spacial score (nSPS) is 28.9. The molecule has 7 heteroatoms. The van der Waals surface area contributed by atoms with Crippen LogP contribution in [0.2, 0.25) is 0 Å². The second-order valence-electron chi connectivity index (χ2n) is 7.30. The van der Waals surface area contributed by atoms with Crippen LogP contribution in [-0.2, 0) is 33.4 Å². The third-order valence-electron chi connectivity index (χ3n) is 4.72. The van der Waals surface area contributed by atoms with Crippen molar-refractivity contribution >= 4 is 24.2 Å². The number of hydrogen-bond acceptors (Lipinski definition) is 7. The van der Waals surface area contributed by atoms with Crippen LogP contribution in [0.25, 0.3) is 0 Å². The average molecular weight is 390 g/mol. The Kier molecular flexibility index (Phi) is 7.31. The molecule has 0 radical (unpaired) electrons. The second kappa shape index (κ2) is 9.48. The molecule has 1 aliphatic heterocycles. The molecule has 0 amide bonds. The van der Waals surface area contributed by atoms with Gasteiger partial charge in [0.05, 0.1) is 11.8 Å². The lowest BCUT2D eigenvalue weighted by Crippen LogP contribution is -2.35. The van der Waals surface area contributed by atoms with Crippen LogP contribution in [0.1, 0.15) is 40.0 Å². The van der Waals surface area contributed by atoms with Crippen molar-refractivity contribution in [3.8, 4) is 0 Å². The van der Waals surface area contributed by atoms with Crippen LogP contribution in [-0.4, -0.2) is 43.0 Å². The molecule has 1 heterocycles. The van der Waals surface area contributed by atoms with E-state index in [9.17, 15) is 19.2 Å². The summed E-state index contributed by atoms with van der Waals surface area (Å²) in [4.78, 5) is 47.1. The molecule has 1 aliphatic carbocycles. The molecule has 28 heavy (non-hydrogen) atoms. The zero-order valence-corrected chi connectivity index (χ0v) is 16.4. The van der Waals surface area contributed by atoms with Gasteiger partial charge in [0.25, 0.3) is 0 Å². The van der Waals surface area contributed by atoms with Crippen LogP contribution in [0, 0.1) is 11.8 Å². The topological polar surface area (TPSA) is 96.0 Å². The second-order valence-corrected chi connectivity index (χ2v) is 7.30. The fourth-order valence-electron chi connectivity index (χ4n) is 3.19. The van der Waals surface area contributed by atoms with E-state index in [1.54, 1.807) is 26.0 Å². The van der Waals surface area contributed by atoms with Crippen LogP contribution in [0.5, 0.6) is 0 Å². The Balaban J connectivity index is 2.41. The number of rotatable bonds is 5. The summed E-state index contributed by atoms with van der Waals surface area (Å²) in [6.45, 7) is 8.60. The summed E-state index contributed by atoms with van der Waals surface area (Å²) in [6, 6.07) is 0. The average Bonchev–Trinajstić information content (AvgIpc) is 2.91. The lowest BCUT2D eigenvalue weighted by molar-refractivity contribution is -0.156. The zero-order chi connectivity index (χ0) is 20.8. The molecule has 1 fully saturated rings. The van der Waals surface area contributed by atoms with E-state index in [2.05, 4.69) is 6.58 Å². The molecule has 0 aromatic rings. The summed E-state index contributed by atoms with van der Waals surface area (Å²) >= 11 is 0. The van der Waals surface area contributed by atoms with Crippen molar-refractivity contribution < 1.29 is 33.4 Å². The Hall–Kier alpha value is -2.70. The van der Waals surface area contributed by atoms with Gasteiger partial charge in [0.15, 0.2) is 0 Å². The molecule has 3 atom stereocenters. The van der Waals surface area contributed by atoms with Gasteiger partial charge in [-0.05, 0) is 30.1 Å². The Morgan fingerprint density at radius 1 is 1.39 bits per heavy atom. The van der Waals surface area contributed by atoms with Gasteiger partial charge in [-0.1, -0.05) is 26.5 Å². The minimum Gasteiger partial charge on any atom is -0.461 e. The van der Waals surface area contributed by atoms with Gasteiger partial charge in [-0.2, -0.15) is 0 Å². The van der Waals surface area contributed by atoms with Crippen molar-refractivity contribution in [3.63, 3.8) is 0 Å². The molecule has 152 valence electrons. The van der Waals surface area contributed by atoms with E-state index < -0.39 is 36.0 Å². The van der Waals surface area contributed by atoms with Gasteiger partial charge in [0.2, 0.25) is 0 Å². The highest BCUT2D eigenvalue weighted by Crippen LogP contribution is 2.36. The van der Waals surface area contributed by atoms with Crippen LogP contribution in [0.15, 0.2) is 35.5 Å². The molecule has 7 nitrogen and oxygen atoms in total. The van der Waals surface area contributed by atoms with Crippen LogP contribution in [0.3, 0.4) is 0 Å². The Labute approximate surface area is 164 Å². The minimum atomic E-state index is -0.764. The first-order valence-corrected chi connectivity index (χ1v) is 9.30. The van der Waals surface area contributed by atoms with Crippen molar-refractivity contribution in [3.05, 3.63) is 35.5 Å². The maximum absolute atomic E-state index is 12.2. The maximum atomic E-state index is 12.2. The van der Waals surface area contributed by atoms with Crippen LogP contribution >= 0.6 is 0 Å². The largest absolute Gasteiger partial charge is 0.461 e. The van der Waals surface area contributed by atoms with Crippen molar-refractivity contribution in [1.29, 1.82) is 0 Å². The van der Waals surface area contributed by atoms with E-state index in [1.165, 1.54) is 6.92 Å². The summed E-state index contributed by atoms with van der Waals surface area (Å²) in [5.41, 5.74) is 1.42. The van der Waals surface area contributed by atoms with Gasteiger partial charge in [0.1, 0.15) is 25.1 Å². The monoisotopic (exact) mass is 390 g/mol. The van der Waals surface area contributed by atoms with E-state index in [-0.39, 0.29) is 24.5 Å². The number of esters is 3. The van der Waals surface area contributed by atoms with Gasteiger partial charge in [-0.25, -0.2) is 4.79 Å². The summed E-state index contributed by atoms with van der Waals surface area (Å²) in [6.07, 6.45) is 4.01. The number of aldehydes is 1. The number of hydrogen-bond donors (Lipinski definition) is 0. The van der Waals surface area contributed by atoms with Crippen LogP contribution in [0.4, 0.5) is 0 Å². The van der Waals surface area contributed by atoms with Gasteiger partial charge in [0, 0.05) is 18.9 Å². The minimum absolute atomic E-state index is 0.0588. The Bertz CT molecular complexity index is 729. The zero-order valence-electron chi connectivity index (χ0n) is 16.4. The molecule has 0 spiro atoms. The maximum Gasteiger partial charge on any atom is 0.334 e. The molecule has 2 aliphatic rings. The van der Waals surface area contributed by atoms with E-state index >= 15 is 0 Å². The highest BCUT2D eigenvalue weighted by atomic mass is 16.6. The van der Waals surface area contributed by atoms with Crippen molar-refractivity contribution in [2.75, 3.05) is 6.61 Å². The summed E-state index contributed by atoms with van der Waals surface area (Å²) in [5, 5.41) is 0. The first-order valence-electron chi connectivity index (χ1n) is 9.30. The van der Waals surface area contributed by atoms with Gasteiger partial charge in [-0.15, -0.1) is 0 Å². The van der Waals surface area contributed by atoms with Gasteiger partial charge >= 0.3 is 17.9 Å². The summed E-state index contributed by atoms with van der Waals surface area (Å²) < 4.78 is 16.2. The number of carbonyl (C=O) groups is 4. The fraction of sp³-hybridized carbons (Fsp3) is 0.524. The summed E-state index contributed by atoms with van der Waals surface area (Å²) in [5.74, 6) is -2.40. The van der Waals surface area contributed by atoms with E-state index in [4.69, 9.17) is 14.2 Å². The van der Waals surface area contributed by atoms with Gasteiger partial charge < -0.3 is 14.2 Å². The quantitative estimate of drug-likeness (QED) is 0.234. The predicted octanol–water partition coefficient (Wildman–Crippen LogP) is 2.45. The molecule has 0 saturated carbocycles. The van der Waals surface area contributed by atoms with Crippen LogP contribution < -0.4 is 0 Å². The first kappa shape index (κ1) is 21.6. The van der Waals surface area contributed by atoms with E-state index in [1.807, 2.05) is 0 Å². The Morgan fingerprint density at radius 3 is 2.71 bits per heavy atom. The number of allylic oxidation sites excluding steroid dienone is 1. The molecule has 0 aromatic carbocycles. The third kappa shape index (κ3) is 5.41. The van der Waals surface area contributed by atoms with Crippen molar-refractivity contribution in [2.45, 2.75) is 52.2 Å². The molecular formula is C21H26O7. The van der Waals surface area contributed by atoms with E-state index in [0.717, 1.165) is 11.9 Å². The predicted molar refractivity (Wildman–Crippen MR) is 99.9 cm³/mol.